The summed E-state index contributed by atoms with van der Waals surface area (Å²) >= 11 is 0. The molecule has 2 heterocycles. The molecule has 0 aromatic carbocycles. The van der Waals surface area contributed by atoms with Crippen molar-refractivity contribution in [2.24, 2.45) is 0 Å². The number of aromatic nitrogens is 2. The second-order valence-electron chi connectivity index (χ2n) is 5.18. The average Bonchev–Trinajstić information content (AvgIpc) is 2.79. The number of aliphatic hydroxyl groups excluding tert-OH is 1. The van der Waals surface area contributed by atoms with Crippen molar-refractivity contribution in [3.05, 3.63) is 32.6 Å². The molecule has 142 valence electrons. The predicted molar refractivity (Wildman–Crippen MR) is 72.8 cm³/mol. The normalized spacial score (nSPS) is 24.6. The van der Waals surface area contributed by atoms with Gasteiger partial charge >= 0.3 is 64.8 Å². The minimum absolute atomic E-state index is 0. The number of rotatable bonds is 6. The van der Waals surface area contributed by atoms with Crippen molar-refractivity contribution < 1.29 is 102 Å². The molecule has 2 N–H and O–H groups in total. The van der Waals surface area contributed by atoms with Gasteiger partial charge in [0.05, 0.1) is 20.5 Å². The summed E-state index contributed by atoms with van der Waals surface area (Å²) in [6.45, 7) is 0.589. The van der Waals surface area contributed by atoms with E-state index in [4.69, 9.17) is 4.74 Å². The molecule has 0 saturated carbocycles. The molecule has 1 aromatic heterocycles. The second kappa shape index (κ2) is 10.8. The molecule has 4 atom stereocenters. The SMILES string of the molecule is Cc1cn(C2CC(O)C(COP(=O)([O-])OP(=O)([O-])[O-])O2)c(=O)[nH]c1=O.[Na+].[Na+]. The molecule has 1 aliphatic rings. The fraction of sp³-hybridized carbons (Fsp3) is 0.600. The van der Waals surface area contributed by atoms with Crippen LogP contribution in [0.3, 0.4) is 0 Å². The Labute approximate surface area is 196 Å². The first-order valence-corrected chi connectivity index (χ1v) is 9.65. The topological polar surface area (TPSA) is 206 Å². The molecule has 27 heavy (non-hydrogen) atoms. The zero-order valence-electron chi connectivity index (χ0n) is 14.6. The number of aromatic amines is 1. The number of nitrogens with one attached hydrogen (secondary N) is 1. The smallest absolute Gasteiger partial charge is 0.790 e. The van der Waals surface area contributed by atoms with Gasteiger partial charge in [-0.2, -0.15) is 0 Å². The molecule has 13 nitrogen and oxygen atoms in total. The maximum Gasteiger partial charge on any atom is 1.00 e. The maximum absolute atomic E-state index is 11.8. The van der Waals surface area contributed by atoms with Gasteiger partial charge in [-0.05, 0) is 6.92 Å². The Bertz CT molecular complexity index is 852. The maximum atomic E-state index is 11.8. The predicted octanol–water partition coefficient (Wildman–Crippen LogP) is -9.17. The molecule has 1 aromatic rings. The van der Waals surface area contributed by atoms with Crippen LogP contribution in [0.15, 0.2) is 15.8 Å². The first-order chi connectivity index (χ1) is 11.4. The molecule has 0 amide bonds. The summed E-state index contributed by atoms with van der Waals surface area (Å²) in [6, 6.07) is 0. The van der Waals surface area contributed by atoms with Gasteiger partial charge < -0.3 is 33.6 Å². The molecule has 0 aliphatic carbocycles. The third-order valence-corrected chi connectivity index (χ3v) is 5.32. The van der Waals surface area contributed by atoms with E-state index < -0.39 is 51.9 Å². The van der Waals surface area contributed by atoms with Gasteiger partial charge in [-0.25, -0.2) is 4.79 Å². The Morgan fingerprint density at radius 1 is 1.33 bits per heavy atom. The van der Waals surface area contributed by atoms with Crippen molar-refractivity contribution >= 4 is 15.6 Å². The number of H-pyrrole nitrogens is 1. The summed E-state index contributed by atoms with van der Waals surface area (Å²) in [5, 5.41) is 9.86. The molecule has 1 aliphatic heterocycles. The van der Waals surface area contributed by atoms with Gasteiger partial charge in [0.15, 0.2) is 0 Å². The van der Waals surface area contributed by atoms with E-state index in [1.54, 1.807) is 0 Å². The average molecular weight is 445 g/mol. The first-order valence-electron chi connectivity index (χ1n) is 6.72. The number of hydrogen-bond donors (Lipinski definition) is 2. The van der Waals surface area contributed by atoms with Crippen LogP contribution in [0, 0.1) is 6.92 Å². The van der Waals surface area contributed by atoms with Crippen LogP contribution in [0.1, 0.15) is 18.2 Å². The molecule has 4 unspecified atom stereocenters. The van der Waals surface area contributed by atoms with Gasteiger partial charge in [0, 0.05) is 18.2 Å². The fourth-order valence-corrected chi connectivity index (χ4v) is 3.64. The van der Waals surface area contributed by atoms with Crippen molar-refractivity contribution in [2.45, 2.75) is 31.8 Å². The third-order valence-electron chi connectivity index (χ3n) is 3.26. The van der Waals surface area contributed by atoms with E-state index in [2.05, 4.69) is 8.83 Å². The number of hydrogen-bond acceptors (Lipinski definition) is 11. The van der Waals surface area contributed by atoms with E-state index in [-0.39, 0.29) is 71.1 Å². The zero-order valence-corrected chi connectivity index (χ0v) is 20.4. The Kier molecular flexibility index (Phi) is 11.1. The van der Waals surface area contributed by atoms with Gasteiger partial charge in [-0.3, -0.25) is 23.2 Å². The van der Waals surface area contributed by atoms with E-state index in [9.17, 15) is 38.5 Å². The van der Waals surface area contributed by atoms with Gasteiger partial charge in [0.25, 0.3) is 13.4 Å². The van der Waals surface area contributed by atoms with E-state index >= 15 is 0 Å². The quantitative estimate of drug-likeness (QED) is 0.310. The number of aryl methyl sites for hydroxylation is 1. The van der Waals surface area contributed by atoms with Gasteiger partial charge in [-0.15, -0.1) is 0 Å². The van der Waals surface area contributed by atoms with E-state index in [0.717, 1.165) is 4.57 Å². The molecule has 2 rings (SSSR count). The Morgan fingerprint density at radius 2 is 1.93 bits per heavy atom. The Morgan fingerprint density at radius 3 is 2.48 bits per heavy atom. The summed E-state index contributed by atoms with van der Waals surface area (Å²) in [5.74, 6) is 0. The standard InChI is InChI=1S/C10H16N2O11P2.2Na/c1-5-3-12(10(15)11-9(5)14)8-2-6(13)7(22-8)4-21-25(19,20)23-24(16,17)18;;/h3,6-8,13H,2,4H2,1H3,(H,19,20)(H,11,14,15)(H2,16,17,18);;/q;2*+1/p-3. The number of ether oxygens (including phenoxy) is 1. The molecular weight excluding hydrogens is 432 g/mol. The van der Waals surface area contributed by atoms with Crippen molar-refractivity contribution in [3.8, 4) is 0 Å². The Balaban J connectivity index is 0.00000338. The van der Waals surface area contributed by atoms with Crippen molar-refractivity contribution in [3.63, 3.8) is 0 Å². The summed E-state index contributed by atoms with van der Waals surface area (Å²) in [7, 11) is -11.3. The van der Waals surface area contributed by atoms with Crippen LogP contribution in [-0.2, 0) is 22.7 Å². The summed E-state index contributed by atoms with van der Waals surface area (Å²) in [6.07, 6.45) is -2.48. The number of nitrogens with zero attached hydrogens (tertiary/aromatic N) is 1. The monoisotopic (exact) mass is 445 g/mol. The van der Waals surface area contributed by atoms with Crippen LogP contribution >= 0.6 is 15.6 Å². The molecule has 0 radical (unpaired) electrons. The van der Waals surface area contributed by atoms with Crippen molar-refractivity contribution in [1.29, 1.82) is 0 Å². The molecule has 1 fully saturated rings. The summed E-state index contributed by atoms with van der Waals surface area (Å²) in [5.41, 5.74) is -1.19. The van der Waals surface area contributed by atoms with Crippen LogP contribution in [0.2, 0.25) is 0 Å². The second-order valence-corrected chi connectivity index (χ2v) is 7.88. The van der Waals surface area contributed by atoms with E-state index in [1.807, 2.05) is 4.98 Å². The first kappa shape index (κ1) is 27.9. The summed E-state index contributed by atoms with van der Waals surface area (Å²) < 4.78 is 35.2. The minimum atomic E-state index is -5.82. The number of phosphoric acid groups is 2. The molecular formula is C10H13N2Na2O11P2-. The number of aliphatic hydroxyl groups is 1. The fourth-order valence-electron chi connectivity index (χ4n) is 2.15. The van der Waals surface area contributed by atoms with Crippen LogP contribution in [0.4, 0.5) is 0 Å². The van der Waals surface area contributed by atoms with Crippen molar-refractivity contribution in [2.75, 3.05) is 6.61 Å². The van der Waals surface area contributed by atoms with Gasteiger partial charge in [0.1, 0.15) is 12.3 Å². The van der Waals surface area contributed by atoms with Gasteiger partial charge in [0.2, 0.25) is 0 Å². The number of phosphoric ester groups is 1. The zero-order chi connectivity index (χ0) is 19.0. The van der Waals surface area contributed by atoms with Crippen LogP contribution in [-0.4, -0.2) is 33.5 Å². The van der Waals surface area contributed by atoms with Crippen molar-refractivity contribution in [1.82, 2.24) is 9.55 Å². The van der Waals surface area contributed by atoms with Crippen LogP contribution < -0.4 is 85.0 Å². The van der Waals surface area contributed by atoms with Gasteiger partial charge in [-0.1, -0.05) is 0 Å². The largest absolute Gasteiger partial charge is 1.00 e. The molecule has 0 spiro atoms. The van der Waals surface area contributed by atoms with E-state index in [1.165, 1.54) is 13.1 Å². The van der Waals surface area contributed by atoms with Crippen LogP contribution in [0.5, 0.6) is 0 Å². The molecule has 0 bridgehead atoms. The molecule has 1 saturated heterocycles. The Hall–Kier alpha value is 0.860. The third kappa shape index (κ3) is 8.25. The van der Waals surface area contributed by atoms with E-state index in [0.29, 0.717) is 0 Å². The van der Waals surface area contributed by atoms with Crippen LogP contribution in [0.25, 0.3) is 0 Å². The minimum Gasteiger partial charge on any atom is -0.790 e. The summed E-state index contributed by atoms with van der Waals surface area (Å²) in [4.78, 5) is 56.9. The molecule has 17 heteroatoms.